The van der Waals surface area contributed by atoms with Gasteiger partial charge in [0.1, 0.15) is 11.5 Å². The Morgan fingerprint density at radius 2 is 0.940 bits per heavy atom. The molecule has 0 saturated carbocycles. The fourth-order valence-electron chi connectivity index (χ4n) is 10.9. The Morgan fingerprint density at radius 3 is 1.70 bits per heavy atom. The van der Waals surface area contributed by atoms with Gasteiger partial charge in [0.15, 0.2) is 5.82 Å². The van der Waals surface area contributed by atoms with Crippen molar-refractivity contribution in [3.05, 3.63) is 253 Å². The zero-order chi connectivity index (χ0) is 44.1. The number of para-hydroxylation sites is 2. The molecule has 14 rings (SSSR count). The molecule has 1 spiro atoms. The van der Waals surface area contributed by atoms with Crippen LogP contribution in [0.15, 0.2) is 231 Å². The van der Waals surface area contributed by atoms with Gasteiger partial charge in [-0.2, -0.15) is 0 Å². The van der Waals surface area contributed by atoms with Gasteiger partial charge in [-0.3, -0.25) is 0 Å². The molecule has 4 heteroatoms. The third kappa shape index (κ3) is 5.76. The molecule has 1 aliphatic carbocycles. The Hall–Kier alpha value is -8.44. The third-order valence-electron chi connectivity index (χ3n) is 14.0. The summed E-state index contributed by atoms with van der Waals surface area (Å²) in [5, 5.41) is 3.65. The van der Waals surface area contributed by atoms with Gasteiger partial charge in [0.25, 0.3) is 0 Å². The number of benzene rings is 10. The van der Waals surface area contributed by atoms with Crippen molar-refractivity contribution < 1.29 is 4.74 Å². The van der Waals surface area contributed by atoms with Crippen LogP contribution in [0.25, 0.3) is 98.2 Å². The van der Waals surface area contributed by atoms with Gasteiger partial charge < -0.3 is 4.74 Å². The first-order valence-corrected chi connectivity index (χ1v) is 23.6. The molecule has 0 N–H and O–H groups in total. The summed E-state index contributed by atoms with van der Waals surface area (Å²) in [6.07, 6.45) is 0. The molecule has 10 aromatic carbocycles. The smallest absolute Gasteiger partial charge is 0.160 e. The van der Waals surface area contributed by atoms with Crippen molar-refractivity contribution in [3.8, 4) is 78.7 Å². The summed E-state index contributed by atoms with van der Waals surface area (Å²) in [4.78, 5) is 10.6. The lowest BCUT2D eigenvalue weighted by Crippen LogP contribution is -2.32. The van der Waals surface area contributed by atoms with E-state index in [0.29, 0.717) is 0 Å². The fourth-order valence-corrected chi connectivity index (χ4v) is 12.1. The quantitative estimate of drug-likeness (QED) is 0.173. The number of rotatable bonds is 5. The van der Waals surface area contributed by atoms with E-state index in [1.807, 2.05) is 0 Å². The molecule has 1 aliphatic heterocycles. The van der Waals surface area contributed by atoms with Crippen molar-refractivity contribution in [1.82, 2.24) is 9.97 Å². The zero-order valence-electron chi connectivity index (χ0n) is 36.2. The second kappa shape index (κ2) is 14.8. The van der Waals surface area contributed by atoms with Gasteiger partial charge in [-0.05, 0) is 103 Å². The maximum atomic E-state index is 6.68. The first-order chi connectivity index (χ1) is 33.2. The molecule has 0 radical (unpaired) electrons. The normalized spacial score (nSPS) is 13.0. The highest BCUT2D eigenvalue weighted by Crippen LogP contribution is 2.63. The first-order valence-electron chi connectivity index (χ1n) is 22.8. The summed E-state index contributed by atoms with van der Waals surface area (Å²) in [7, 11) is 0. The molecule has 2 aliphatic rings. The van der Waals surface area contributed by atoms with Gasteiger partial charge in [0.2, 0.25) is 0 Å². The summed E-state index contributed by atoms with van der Waals surface area (Å²) >= 11 is 1.76. The summed E-state index contributed by atoms with van der Waals surface area (Å²) < 4.78 is 8.98. The van der Waals surface area contributed by atoms with E-state index >= 15 is 0 Å². The van der Waals surface area contributed by atoms with Crippen LogP contribution in [0.3, 0.4) is 0 Å². The van der Waals surface area contributed by atoms with Gasteiger partial charge >= 0.3 is 0 Å². The maximum absolute atomic E-state index is 6.68. The highest BCUT2D eigenvalue weighted by Gasteiger charge is 2.51. The molecule has 3 heterocycles. The van der Waals surface area contributed by atoms with Crippen molar-refractivity contribution in [1.29, 1.82) is 0 Å². The van der Waals surface area contributed by atoms with Gasteiger partial charge in [0.05, 0.1) is 21.3 Å². The van der Waals surface area contributed by atoms with Gasteiger partial charge in [-0.1, -0.05) is 194 Å². The third-order valence-corrected chi connectivity index (χ3v) is 15.1. The molecular formula is C63H38N2OS. The molecule has 0 saturated heterocycles. The van der Waals surface area contributed by atoms with Crippen molar-refractivity contribution in [2.75, 3.05) is 0 Å². The number of fused-ring (bicyclic) bond motifs is 14. The molecule has 312 valence electrons. The number of thiophene rings is 1. The SMILES string of the molecule is c1ccc(-c2ccc(-c3nc(-c4cccc(-c5cccc(-c6ccc7c(c6)C6(c8ccccc8Oc8ccccc86)c6ccc8ccccc8c6-7)c5)c4)c4sc5ccccc5c4n3)cc2)cc1. The van der Waals surface area contributed by atoms with Crippen LogP contribution in [0, 0.1) is 0 Å². The van der Waals surface area contributed by atoms with E-state index < -0.39 is 5.41 Å². The molecule has 0 unspecified atom stereocenters. The Bertz CT molecular complexity index is 3920. The predicted octanol–water partition coefficient (Wildman–Crippen LogP) is 16.8. The Morgan fingerprint density at radius 1 is 0.373 bits per heavy atom. The minimum Gasteiger partial charge on any atom is -0.457 e. The maximum Gasteiger partial charge on any atom is 0.160 e. The standard InChI is InChI=1S/C63H38N2OS/c1-2-14-39(15-3-1)40-28-30-42(31-29-40)62-64-59(61-60(65-62)50-22-6-11-27-57(50)67-61)47-20-13-19-45(37-47)43-17-12-18-44(36-43)46-32-34-49-54(38-46)63(53-35-33-41-16-4-5-21-48(41)58(49)53)51-23-7-9-25-55(51)66-56-26-10-8-24-52(56)63/h1-38H. The molecule has 12 aromatic rings. The topological polar surface area (TPSA) is 35.0 Å². The van der Waals surface area contributed by atoms with Crippen LogP contribution in [0.2, 0.25) is 0 Å². The fraction of sp³-hybridized carbons (Fsp3) is 0.0159. The molecule has 0 amide bonds. The number of ether oxygens (including phenoxy) is 1. The van der Waals surface area contributed by atoms with Crippen molar-refractivity contribution in [3.63, 3.8) is 0 Å². The van der Waals surface area contributed by atoms with E-state index in [4.69, 9.17) is 14.7 Å². The number of nitrogens with zero attached hydrogens (tertiary/aromatic N) is 2. The van der Waals surface area contributed by atoms with E-state index in [9.17, 15) is 0 Å². The van der Waals surface area contributed by atoms with Crippen LogP contribution in [-0.4, -0.2) is 9.97 Å². The van der Waals surface area contributed by atoms with E-state index in [-0.39, 0.29) is 0 Å². The average molecular weight is 871 g/mol. The van der Waals surface area contributed by atoms with Crippen molar-refractivity contribution in [2.45, 2.75) is 5.41 Å². The number of hydrogen-bond acceptors (Lipinski definition) is 4. The van der Waals surface area contributed by atoms with Crippen molar-refractivity contribution >= 4 is 42.4 Å². The first kappa shape index (κ1) is 37.9. The highest BCUT2D eigenvalue weighted by molar-refractivity contribution is 7.26. The minimum atomic E-state index is -0.569. The van der Waals surface area contributed by atoms with Crippen molar-refractivity contribution in [2.24, 2.45) is 0 Å². The van der Waals surface area contributed by atoms with E-state index in [1.54, 1.807) is 11.3 Å². The van der Waals surface area contributed by atoms with Crippen LogP contribution in [0.1, 0.15) is 22.3 Å². The molecule has 3 nitrogen and oxygen atoms in total. The van der Waals surface area contributed by atoms with Gasteiger partial charge in [-0.15, -0.1) is 11.3 Å². The minimum absolute atomic E-state index is 0.569. The van der Waals surface area contributed by atoms with Crippen LogP contribution < -0.4 is 4.74 Å². The van der Waals surface area contributed by atoms with Crippen LogP contribution in [0.4, 0.5) is 0 Å². The Labute approximate surface area is 391 Å². The van der Waals surface area contributed by atoms with E-state index in [0.717, 1.165) is 77.6 Å². The van der Waals surface area contributed by atoms with E-state index in [1.165, 1.54) is 54.4 Å². The molecular weight excluding hydrogens is 833 g/mol. The number of aromatic nitrogens is 2. The van der Waals surface area contributed by atoms with Crippen LogP contribution >= 0.6 is 11.3 Å². The van der Waals surface area contributed by atoms with Crippen LogP contribution in [0.5, 0.6) is 11.5 Å². The number of hydrogen-bond donors (Lipinski definition) is 0. The lowest BCUT2D eigenvalue weighted by molar-refractivity contribution is 0.436. The Kier molecular flexibility index (Phi) is 8.37. The molecule has 0 bridgehead atoms. The highest BCUT2D eigenvalue weighted by atomic mass is 32.1. The molecule has 0 atom stereocenters. The molecule has 0 fully saturated rings. The Balaban J connectivity index is 0.905. The molecule has 2 aromatic heterocycles. The molecule has 67 heavy (non-hydrogen) atoms. The van der Waals surface area contributed by atoms with E-state index in [2.05, 4.69) is 231 Å². The largest absolute Gasteiger partial charge is 0.457 e. The second-order valence-corrected chi connectivity index (χ2v) is 18.6. The monoisotopic (exact) mass is 870 g/mol. The summed E-state index contributed by atoms with van der Waals surface area (Å²) in [5.74, 6) is 2.51. The zero-order valence-corrected chi connectivity index (χ0v) is 37.0. The second-order valence-electron chi connectivity index (χ2n) is 17.6. The summed E-state index contributed by atoms with van der Waals surface area (Å²) in [6.45, 7) is 0. The summed E-state index contributed by atoms with van der Waals surface area (Å²) in [5.41, 5.74) is 17.8. The van der Waals surface area contributed by atoms with Gasteiger partial charge in [0, 0.05) is 32.3 Å². The summed E-state index contributed by atoms with van der Waals surface area (Å²) in [6, 6.07) is 83.3. The van der Waals surface area contributed by atoms with Crippen LogP contribution in [-0.2, 0) is 5.41 Å². The van der Waals surface area contributed by atoms with Gasteiger partial charge in [-0.25, -0.2) is 9.97 Å². The average Bonchev–Trinajstić information content (AvgIpc) is 3.92. The predicted molar refractivity (Wildman–Crippen MR) is 277 cm³/mol. The lowest BCUT2D eigenvalue weighted by Gasteiger charge is -2.39. The lowest BCUT2D eigenvalue weighted by atomic mass is 9.66.